The van der Waals surface area contributed by atoms with Crippen molar-refractivity contribution in [3.63, 3.8) is 0 Å². The first kappa shape index (κ1) is 23.4. The van der Waals surface area contributed by atoms with Crippen LogP contribution in [0, 0.1) is 0 Å². The Kier molecular flexibility index (Phi) is 9.45. The summed E-state index contributed by atoms with van der Waals surface area (Å²) in [4.78, 5) is 0. The minimum atomic E-state index is 0.793. The van der Waals surface area contributed by atoms with Gasteiger partial charge in [-0.3, -0.25) is 0 Å². The fraction of sp³-hybridized carbons (Fsp3) is 0.536. The van der Waals surface area contributed by atoms with Gasteiger partial charge in [0.1, 0.15) is 5.75 Å². The molecule has 168 valence electrons. The predicted molar refractivity (Wildman–Crippen MR) is 131 cm³/mol. The van der Waals surface area contributed by atoms with Crippen molar-refractivity contribution in [1.82, 2.24) is 4.57 Å². The zero-order valence-corrected chi connectivity index (χ0v) is 19.9. The SMILES string of the molecule is CCCCCc1ccc(OCCCCn2c[n+](C)c3ccccc32)c(CCCCC)c1. The van der Waals surface area contributed by atoms with E-state index in [1.807, 2.05) is 0 Å². The maximum Gasteiger partial charge on any atom is 0.244 e. The minimum absolute atomic E-state index is 0.793. The predicted octanol–water partition coefficient (Wildman–Crippen LogP) is 6.79. The summed E-state index contributed by atoms with van der Waals surface area (Å²) >= 11 is 0. The van der Waals surface area contributed by atoms with Crippen LogP contribution in [-0.4, -0.2) is 11.2 Å². The van der Waals surface area contributed by atoms with Gasteiger partial charge in [0.05, 0.1) is 20.2 Å². The van der Waals surface area contributed by atoms with Crippen LogP contribution in [0.1, 0.15) is 76.3 Å². The summed E-state index contributed by atoms with van der Waals surface area (Å²) in [5, 5.41) is 0. The van der Waals surface area contributed by atoms with Crippen LogP contribution in [-0.2, 0) is 26.4 Å². The van der Waals surface area contributed by atoms with E-state index in [0.29, 0.717) is 0 Å². The van der Waals surface area contributed by atoms with E-state index < -0.39 is 0 Å². The lowest BCUT2D eigenvalue weighted by Gasteiger charge is -2.13. The van der Waals surface area contributed by atoms with Gasteiger partial charge in [-0.25, -0.2) is 9.13 Å². The second-order valence-electron chi connectivity index (χ2n) is 8.82. The van der Waals surface area contributed by atoms with Gasteiger partial charge in [0.25, 0.3) is 0 Å². The normalized spacial score (nSPS) is 11.3. The number of rotatable bonds is 14. The highest BCUT2D eigenvalue weighted by atomic mass is 16.5. The van der Waals surface area contributed by atoms with Crippen LogP contribution < -0.4 is 9.30 Å². The number of imidazole rings is 1. The Morgan fingerprint density at radius 2 is 1.61 bits per heavy atom. The Balaban J connectivity index is 1.52. The average molecular weight is 422 g/mol. The smallest absolute Gasteiger partial charge is 0.244 e. The van der Waals surface area contributed by atoms with E-state index in [0.717, 1.165) is 38.2 Å². The van der Waals surface area contributed by atoms with Crippen molar-refractivity contribution in [2.75, 3.05) is 6.61 Å². The Bertz CT molecular complexity index is 928. The van der Waals surface area contributed by atoms with Crippen LogP contribution in [0.25, 0.3) is 11.0 Å². The number of para-hydroxylation sites is 2. The van der Waals surface area contributed by atoms with Crippen molar-refractivity contribution in [3.05, 3.63) is 59.9 Å². The molecule has 2 aromatic carbocycles. The molecule has 0 saturated carbocycles. The van der Waals surface area contributed by atoms with Crippen LogP contribution in [0.3, 0.4) is 0 Å². The molecule has 0 N–H and O–H groups in total. The van der Waals surface area contributed by atoms with Gasteiger partial charge in [0.15, 0.2) is 11.0 Å². The molecule has 0 bridgehead atoms. The third-order valence-electron chi connectivity index (χ3n) is 6.18. The third kappa shape index (κ3) is 6.85. The molecule has 0 spiro atoms. The van der Waals surface area contributed by atoms with Crippen LogP contribution in [0.15, 0.2) is 48.8 Å². The molecule has 31 heavy (non-hydrogen) atoms. The number of nitrogens with zero attached hydrogens (tertiary/aromatic N) is 2. The molecule has 0 unspecified atom stereocenters. The van der Waals surface area contributed by atoms with Crippen molar-refractivity contribution < 1.29 is 9.30 Å². The molecule has 0 radical (unpaired) electrons. The lowest BCUT2D eigenvalue weighted by Crippen LogP contribution is -2.25. The Hall–Kier alpha value is -2.29. The molecule has 3 rings (SSSR count). The first-order chi connectivity index (χ1) is 15.2. The van der Waals surface area contributed by atoms with E-state index in [-0.39, 0.29) is 0 Å². The summed E-state index contributed by atoms with van der Waals surface area (Å²) in [6.07, 6.45) is 14.4. The number of ether oxygens (including phenoxy) is 1. The second kappa shape index (κ2) is 12.5. The summed E-state index contributed by atoms with van der Waals surface area (Å²) < 4.78 is 10.8. The van der Waals surface area contributed by atoms with E-state index >= 15 is 0 Å². The van der Waals surface area contributed by atoms with Gasteiger partial charge in [-0.15, -0.1) is 0 Å². The highest BCUT2D eigenvalue weighted by Crippen LogP contribution is 2.24. The van der Waals surface area contributed by atoms with Gasteiger partial charge in [0, 0.05) is 0 Å². The summed E-state index contributed by atoms with van der Waals surface area (Å²) in [5.41, 5.74) is 5.47. The average Bonchev–Trinajstić information content (AvgIpc) is 3.11. The summed E-state index contributed by atoms with van der Waals surface area (Å²) in [7, 11) is 2.12. The number of hydrogen-bond acceptors (Lipinski definition) is 1. The van der Waals surface area contributed by atoms with E-state index in [4.69, 9.17) is 4.74 Å². The van der Waals surface area contributed by atoms with Gasteiger partial charge >= 0.3 is 0 Å². The van der Waals surface area contributed by atoms with Crippen molar-refractivity contribution in [2.45, 2.75) is 84.6 Å². The maximum absolute atomic E-state index is 6.26. The lowest BCUT2D eigenvalue weighted by molar-refractivity contribution is -0.645. The number of aryl methyl sites for hydroxylation is 4. The molecular formula is C28H41N2O+. The monoisotopic (exact) mass is 421 g/mol. The number of hydrogen-bond donors (Lipinski definition) is 0. The summed E-state index contributed by atoms with van der Waals surface area (Å²) in [6.45, 7) is 6.37. The van der Waals surface area contributed by atoms with Crippen molar-refractivity contribution in [2.24, 2.45) is 7.05 Å². The molecule has 1 heterocycles. The molecular weight excluding hydrogens is 380 g/mol. The van der Waals surface area contributed by atoms with Crippen LogP contribution in [0.2, 0.25) is 0 Å². The van der Waals surface area contributed by atoms with Crippen molar-refractivity contribution in [3.8, 4) is 5.75 Å². The van der Waals surface area contributed by atoms with E-state index in [2.05, 4.69) is 78.8 Å². The maximum atomic E-state index is 6.26. The third-order valence-corrected chi connectivity index (χ3v) is 6.18. The van der Waals surface area contributed by atoms with E-state index in [1.165, 1.54) is 67.1 Å². The Morgan fingerprint density at radius 3 is 2.42 bits per heavy atom. The first-order valence-corrected chi connectivity index (χ1v) is 12.4. The molecule has 3 nitrogen and oxygen atoms in total. The second-order valence-corrected chi connectivity index (χ2v) is 8.82. The number of fused-ring (bicyclic) bond motifs is 1. The molecule has 3 aromatic rings. The van der Waals surface area contributed by atoms with E-state index in [1.54, 1.807) is 0 Å². The van der Waals surface area contributed by atoms with Gasteiger partial charge in [-0.2, -0.15) is 0 Å². The van der Waals surface area contributed by atoms with E-state index in [9.17, 15) is 0 Å². The van der Waals surface area contributed by atoms with Gasteiger partial charge < -0.3 is 4.74 Å². The largest absolute Gasteiger partial charge is 0.493 e. The highest BCUT2D eigenvalue weighted by molar-refractivity contribution is 5.71. The Labute approximate surface area is 189 Å². The first-order valence-electron chi connectivity index (χ1n) is 12.4. The summed E-state index contributed by atoms with van der Waals surface area (Å²) in [5.74, 6) is 1.10. The molecule has 0 aliphatic carbocycles. The standard InChI is InChI=1S/C28H41N2O/c1-4-6-8-14-24-18-19-28(25(22-24)15-9-7-5-2)31-21-13-12-20-30-23-29(3)26-16-10-11-17-27(26)30/h10-11,16-19,22-23H,4-9,12-15,20-21H2,1-3H3/q+1. The molecule has 0 fully saturated rings. The molecule has 0 aliphatic rings. The van der Waals surface area contributed by atoms with Gasteiger partial charge in [-0.05, 0) is 67.9 Å². The zero-order valence-electron chi connectivity index (χ0n) is 19.9. The molecule has 1 aromatic heterocycles. The molecule has 3 heteroatoms. The van der Waals surface area contributed by atoms with Crippen molar-refractivity contribution in [1.29, 1.82) is 0 Å². The topological polar surface area (TPSA) is 18.0 Å². The van der Waals surface area contributed by atoms with Gasteiger partial charge in [0.2, 0.25) is 6.33 Å². The van der Waals surface area contributed by atoms with Gasteiger partial charge in [-0.1, -0.05) is 63.8 Å². The molecule has 0 aliphatic heterocycles. The molecule has 0 saturated heterocycles. The van der Waals surface area contributed by atoms with Crippen LogP contribution in [0.4, 0.5) is 0 Å². The van der Waals surface area contributed by atoms with Crippen LogP contribution in [0.5, 0.6) is 5.75 Å². The number of aromatic nitrogens is 2. The quantitative estimate of drug-likeness (QED) is 0.207. The fourth-order valence-electron chi connectivity index (χ4n) is 4.35. The fourth-order valence-corrected chi connectivity index (χ4v) is 4.35. The van der Waals surface area contributed by atoms with Crippen LogP contribution >= 0.6 is 0 Å². The lowest BCUT2D eigenvalue weighted by atomic mass is 10.00. The van der Waals surface area contributed by atoms with Crippen molar-refractivity contribution >= 4 is 11.0 Å². The highest BCUT2D eigenvalue weighted by Gasteiger charge is 2.12. The minimum Gasteiger partial charge on any atom is -0.493 e. The number of benzene rings is 2. The number of unbranched alkanes of at least 4 members (excludes halogenated alkanes) is 5. The Morgan fingerprint density at radius 1 is 0.839 bits per heavy atom. The zero-order chi connectivity index (χ0) is 21.9. The summed E-state index contributed by atoms with van der Waals surface area (Å²) in [6, 6.07) is 15.5. The molecule has 0 atom stereocenters. The molecule has 0 amide bonds.